The molecular formula is C22H17FN4O3S. The molecule has 1 heterocycles. The van der Waals surface area contributed by atoms with E-state index in [-0.39, 0.29) is 16.1 Å². The lowest BCUT2D eigenvalue weighted by Crippen LogP contribution is -2.16. The number of H-pyrrole nitrogens is 1. The zero-order valence-electron chi connectivity index (χ0n) is 16.0. The number of carbonyl (C=O) groups is 1. The Bertz CT molecular complexity index is 1320. The summed E-state index contributed by atoms with van der Waals surface area (Å²) >= 11 is 0. The van der Waals surface area contributed by atoms with E-state index in [0.29, 0.717) is 5.69 Å². The lowest BCUT2D eigenvalue weighted by atomic mass is 10.1. The maximum atomic E-state index is 13.0. The second-order valence-electron chi connectivity index (χ2n) is 6.66. The van der Waals surface area contributed by atoms with Gasteiger partial charge in [0.1, 0.15) is 5.82 Å². The normalized spacial score (nSPS) is 11.1. The van der Waals surface area contributed by atoms with Crippen LogP contribution in [0.4, 0.5) is 15.8 Å². The van der Waals surface area contributed by atoms with Gasteiger partial charge in [-0.15, -0.1) is 0 Å². The van der Waals surface area contributed by atoms with E-state index < -0.39 is 21.7 Å². The molecule has 3 N–H and O–H groups in total. The fourth-order valence-electron chi connectivity index (χ4n) is 2.93. The Morgan fingerprint density at radius 2 is 1.68 bits per heavy atom. The number of hydrogen-bond acceptors (Lipinski definition) is 4. The van der Waals surface area contributed by atoms with Gasteiger partial charge in [-0.05, 0) is 60.2 Å². The predicted molar refractivity (Wildman–Crippen MR) is 116 cm³/mol. The van der Waals surface area contributed by atoms with Crippen LogP contribution in [-0.4, -0.2) is 24.5 Å². The van der Waals surface area contributed by atoms with E-state index in [9.17, 15) is 17.6 Å². The van der Waals surface area contributed by atoms with Crippen LogP contribution in [0.1, 0.15) is 10.4 Å². The molecule has 0 saturated carbocycles. The highest BCUT2D eigenvalue weighted by Crippen LogP contribution is 2.22. The first kappa shape index (κ1) is 20.3. The zero-order chi connectivity index (χ0) is 21.8. The minimum atomic E-state index is -3.95. The van der Waals surface area contributed by atoms with Crippen molar-refractivity contribution in [2.45, 2.75) is 4.90 Å². The molecule has 0 bridgehead atoms. The number of halogens is 1. The molecule has 0 aliphatic carbocycles. The standard InChI is InChI=1S/C22H17FN4O3S/c23-18-7-9-19(10-8-18)27-31(29,30)21-6-2-4-16(12-21)22(28)26-20-5-1-3-15(11-20)17-13-24-25-14-17/h1-14,27H,(H,24,25)(H,26,28). The quantitative estimate of drug-likeness (QED) is 0.420. The minimum Gasteiger partial charge on any atom is -0.322 e. The van der Waals surface area contributed by atoms with Crippen LogP contribution >= 0.6 is 0 Å². The van der Waals surface area contributed by atoms with Crippen LogP contribution in [0.2, 0.25) is 0 Å². The average Bonchev–Trinajstić information content (AvgIpc) is 3.31. The van der Waals surface area contributed by atoms with E-state index >= 15 is 0 Å². The van der Waals surface area contributed by atoms with Gasteiger partial charge in [0.15, 0.2) is 0 Å². The van der Waals surface area contributed by atoms with Crippen molar-refractivity contribution in [3.05, 3.63) is 96.6 Å². The third-order valence-electron chi connectivity index (χ3n) is 4.45. The van der Waals surface area contributed by atoms with Crippen molar-refractivity contribution < 1.29 is 17.6 Å². The summed E-state index contributed by atoms with van der Waals surface area (Å²) in [5.74, 6) is -0.929. The summed E-state index contributed by atoms with van der Waals surface area (Å²) in [7, 11) is -3.95. The van der Waals surface area contributed by atoms with Crippen molar-refractivity contribution in [1.29, 1.82) is 0 Å². The second-order valence-corrected chi connectivity index (χ2v) is 8.34. The van der Waals surface area contributed by atoms with Crippen LogP contribution in [0, 0.1) is 5.82 Å². The predicted octanol–water partition coefficient (Wildman–Crippen LogP) is 4.27. The molecule has 1 amide bonds. The fraction of sp³-hybridized carbons (Fsp3) is 0. The number of carbonyl (C=O) groups excluding carboxylic acids is 1. The third kappa shape index (κ3) is 4.78. The summed E-state index contributed by atoms with van der Waals surface area (Å²) in [6.07, 6.45) is 3.41. The van der Waals surface area contributed by atoms with Gasteiger partial charge in [0.25, 0.3) is 15.9 Å². The number of amides is 1. The Morgan fingerprint density at radius 1 is 0.903 bits per heavy atom. The molecule has 7 nitrogen and oxygen atoms in total. The van der Waals surface area contributed by atoms with E-state index in [1.807, 2.05) is 6.07 Å². The molecule has 4 rings (SSSR count). The Morgan fingerprint density at radius 3 is 2.42 bits per heavy atom. The van der Waals surface area contributed by atoms with Crippen LogP contribution < -0.4 is 10.0 Å². The van der Waals surface area contributed by atoms with Crippen molar-refractivity contribution >= 4 is 27.3 Å². The molecule has 9 heteroatoms. The van der Waals surface area contributed by atoms with Crippen molar-refractivity contribution in [3.8, 4) is 11.1 Å². The van der Waals surface area contributed by atoms with E-state index in [4.69, 9.17) is 0 Å². The summed E-state index contributed by atoms with van der Waals surface area (Å²) in [5.41, 5.74) is 2.69. The second kappa shape index (κ2) is 8.41. The molecule has 0 aliphatic heterocycles. The Kier molecular flexibility index (Phi) is 5.50. The summed E-state index contributed by atoms with van der Waals surface area (Å²) in [6.45, 7) is 0. The number of nitrogens with zero attached hydrogens (tertiary/aromatic N) is 1. The molecule has 156 valence electrons. The van der Waals surface area contributed by atoms with Crippen LogP contribution in [0.15, 0.2) is 90.1 Å². The maximum absolute atomic E-state index is 13.0. The zero-order valence-corrected chi connectivity index (χ0v) is 16.9. The average molecular weight is 436 g/mol. The highest BCUT2D eigenvalue weighted by atomic mass is 32.2. The third-order valence-corrected chi connectivity index (χ3v) is 5.83. The number of rotatable bonds is 6. The van der Waals surface area contributed by atoms with Crippen molar-refractivity contribution in [3.63, 3.8) is 0 Å². The van der Waals surface area contributed by atoms with E-state index in [2.05, 4.69) is 20.2 Å². The summed E-state index contributed by atoms with van der Waals surface area (Å²) in [5, 5.41) is 9.41. The van der Waals surface area contributed by atoms with Gasteiger partial charge in [-0.25, -0.2) is 12.8 Å². The number of sulfonamides is 1. The van der Waals surface area contributed by atoms with E-state index in [0.717, 1.165) is 23.3 Å². The number of aromatic nitrogens is 2. The molecule has 0 radical (unpaired) electrons. The Labute approximate surface area is 178 Å². The van der Waals surface area contributed by atoms with Crippen LogP contribution in [0.5, 0.6) is 0 Å². The number of anilines is 2. The van der Waals surface area contributed by atoms with Gasteiger partial charge < -0.3 is 5.32 Å². The molecule has 31 heavy (non-hydrogen) atoms. The molecule has 1 aromatic heterocycles. The van der Waals surface area contributed by atoms with Crippen molar-refractivity contribution in [2.24, 2.45) is 0 Å². The van der Waals surface area contributed by atoms with Gasteiger partial charge in [-0.3, -0.25) is 14.6 Å². The highest BCUT2D eigenvalue weighted by Gasteiger charge is 2.17. The minimum absolute atomic E-state index is 0.0865. The largest absolute Gasteiger partial charge is 0.322 e. The number of nitrogens with one attached hydrogen (secondary N) is 3. The van der Waals surface area contributed by atoms with Crippen molar-refractivity contribution in [2.75, 3.05) is 10.0 Å². The van der Waals surface area contributed by atoms with Gasteiger partial charge in [-0.2, -0.15) is 5.10 Å². The summed E-state index contributed by atoms with van der Waals surface area (Å²) in [4.78, 5) is 12.6. The first-order valence-electron chi connectivity index (χ1n) is 9.20. The number of benzene rings is 3. The highest BCUT2D eigenvalue weighted by molar-refractivity contribution is 7.92. The van der Waals surface area contributed by atoms with Gasteiger partial charge in [0.2, 0.25) is 0 Å². The van der Waals surface area contributed by atoms with Gasteiger partial charge in [-0.1, -0.05) is 18.2 Å². The first-order valence-corrected chi connectivity index (χ1v) is 10.7. The summed E-state index contributed by atoms with van der Waals surface area (Å²) < 4.78 is 40.7. The molecule has 0 saturated heterocycles. The van der Waals surface area contributed by atoms with E-state index in [1.165, 1.54) is 36.4 Å². The lowest BCUT2D eigenvalue weighted by Gasteiger charge is -2.10. The molecule has 4 aromatic rings. The van der Waals surface area contributed by atoms with Crippen LogP contribution in [-0.2, 0) is 10.0 Å². The maximum Gasteiger partial charge on any atom is 0.261 e. The number of aromatic amines is 1. The number of hydrogen-bond donors (Lipinski definition) is 3. The SMILES string of the molecule is O=C(Nc1cccc(-c2cn[nH]c2)c1)c1cccc(S(=O)(=O)Nc2ccc(F)cc2)c1. The molecule has 0 unspecified atom stereocenters. The molecule has 0 atom stereocenters. The van der Waals surface area contributed by atoms with Crippen molar-refractivity contribution in [1.82, 2.24) is 10.2 Å². The van der Waals surface area contributed by atoms with E-state index in [1.54, 1.807) is 30.6 Å². The summed E-state index contributed by atoms with van der Waals surface area (Å²) in [6, 6.07) is 17.8. The smallest absolute Gasteiger partial charge is 0.261 e. The molecule has 0 fully saturated rings. The molecule has 0 aliphatic rings. The molecule has 0 spiro atoms. The molecule has 3 aromatic carbocycles. The van der Waals surface area contributed by atoms with Gasteiger partial charge in [0.05, 0.1) is 11.1 Å². The topological polar surface area (TPSA) is 104 Å². The van der Waals surface area contributed by atoms with Gasteiger partial charge >= 0.3 is 0 Å². The van der Waals surface area contributed by atoms with Crippen LogP contribution in [0.3, 0.4) is 0 Å². The van der Waals surface area contributed by atoms with Crippen LogP contribution in [0.25, 0.3) is 11.1 Å². The monoisotopic (exact) mass is 436 g/mol. The molecular weight excluding hydrogens is 419 g/mol. The fourth-order valence-corrected chi connectivity index (χ4v) is 4.03. The Hall–Kier alpha value is -3.98. The lowest BCUT2D eigenvalue weighted by molar-refractivity contribution is 0.102. The van der Waals surface area contributed by atoms with Gasteiger partial charge in [0, 0.05) is 28.7 Å². The first-order chi connectivity index (χ1) is 14.9. The Balaban J connectivity index is 1.53.